The van der Waals surface area contributed by atoms with E-state index < -0.39 is 5.41 Å². The van der Waals surface area contributed by atoms with E-state index in [-0.39, 0.29) is 0 Å². The predicted octanol–water partition coefficient (Wildman–Crippen LogP) is 3.52. The van der Waals surface area contributed by atoms with E-state index >= 15 is 0 Å². The fourth-order valence-corrected chi connectivity index (χ4v) is 1.99. The van der Waals surface area contributed by atoms with E-state index in [1.165, 1.54) is 0 Å². The van der Waals surface area contributed by atoms with Crippen molar-refractivity contribution >= 4 is 0 Å². The first kappa shape index (κ1) is 12.2. The number of hydrogen-bond donors (Lipinski definition) is 0. The van der Waals surface area contributed by atoms with Crippen LogP contribution in [0.5, 0.6) is 5.75 Å². The van der Waals surface area contributed by atoms with Crippen LogP contribution < -0.4 is 4.74 Å². The molecule has 0 saturated heterocycles. The molecule has 0 fully saturated rings. The van der Waals surface area contributed by atoms with Crippen LogP contribution in [0.2, 0.25) is 0 Å². The van der Waals surface area contributed by atoms with Gasteiger partial charge in [-0.3, -0.25) is 0 Å². The van der Waals surface area contributed by atoms with Crippen molar-refractivity contribution in [1.82, 2.24) is 0 Å². The summed E-state index contributed by atoms with van der Waals surface area (Å²) in [5, 5.41) is 9.54. The number of methoxy groups -OCH3 is 1. The molecule has 1 unspecified atom stereocenters. The molecule has 2 heteroatoms. The maximum atomic E-state index is 9.54. The van der Waals surface area contributed by atoms with Crippen molar-refractivity contribution in [3.05, 3.63) is 65.7 Å². The van der Waals surface area contributed by atoms with Gasteiger partial charge in [0.25, 0.3) is 0 Å². The summed E-state index contributed by atoms with van der Waals surface area (Å²) in [6.07, 6.45) is 0. The molecule has 2 aromatic carbocycles. The van der Waals surface area contributed by atoms with Crippen LogP contribution in [0.4, 0.5) is 0 Å². The molecule has 0 aliphatic rings. The fraction of sp³-hybridized carbons (Fsp3) is 0.188. The van der Waals surface area contributed by atoms with Gasteiger partial charge in [0.2, 0.25) is 0 Å². The number of ether oxygens (including phenoxy) is 1. The highest BCUT2D eigenvalue weighted by Crippen LogP contribution is 2.32. The minimum atomic E-state index is -0.631. The van der Waals surface area contributed by atoms with E-state index in [1.807, 2.05) is 61.5 Å². The average molecular weight is 237 g/mol. The van der Waals surface area contributed by atoms with Crippen molar-refractivity contribution in [2.24, 2.45) is 0 Å². The summed E-state index contributed by atoms with van der Waals surface area (Å²) in [5.74, 6) is 0.798. The SMILES string of the molecule is COc1ccc(C(C)(C#N)c2ccccc2)cc1. The Labute approximate surface area is 107 Å². The van der Waals surface area contributed by atoms with Gasteiger partial charge in [-0.05, 0) is 30.2 Å². The lowest BCUT2D eigenvalue weighted by Gasteiger charge is -2.22. The van der Waals surface area contributed by atoms with E-state index in [9.17, 15) is 5.26 Å². The molecule has 0 bridgehead atoms. The summed E-state index contributed by atoms with van der Waals surface area (Å²) >= 11 is 0. The molecule has 0 aromatic heterocycles. The van der Waals surface area contributed by atoms with Crippen LogP contribution in [0.15, 0.2) is 54.6 Å². The molecule has 90 valence electrons. The van der Waals surface area contributed by atoms with Crippen molar-refractivity contribution in [3.8, 4) is 11.8 Å². The maximum Gasteiger partial charge on any atom is 0.118 e. The third kappa shape index (κ3) is 2.08. The standard InChI is InChI=1S/C16H15NO/c1-16(12-17,13-6-4-3-5-7-13)14-8-10-15(18-2)11-9-14/h3-11H,1-2H3. The highest BCUT2D eigenvalue weighted by atomic mass is 16.5. The van der Waals surface area contributed by atoms with Crippen LogP contribution in [0.1, 0.15) is 18.1 Å². The topological polar surface area (TPSA) is 33.0 Å². The summed E-state index contributed by atoms with van der Waals surface area (Å²) in [6, 6.07) is 19.9. The number of nitriles is 1. The zero-order valence-corrected chi connectivity index (χ0v) is 10.6. The lowest BCUT2D eigenvalue weighted by atomic mass is 9.77. The Morgan fingerprint density at radius 2 is 1.50 bits per heavy atom. The van der Waals surface area contributed by atoms with E-state index in [4.69, 9.17) is 4.74 Å². The highest BCUT2D eigenvalue weighted by Gasteiger charge is 2.28. The summed E-state index contributed by atoms with van der Waals surface area (Å²) in [5.41, 5.74) is 1.34. The molecule has 1 atom stereocenters. The molecule has 18 heavy (non-hydrogen) atoms. The first-order valence-corrected chi connectivity index (χ1v) is 5.82. The molecular weight excluding hydrogens is 222 g/mol. The fourth-order valence-electron chi connectivity index (χ4n) is 1.99. The molecule has 0 saturated carbocycles. The van der Waals surface area contributed by atoms with Crippen LogP contribution >= 0.6 is 0 Å². The van der Waals surface area contributed by atoms with Crippen molar-refractivity contribution < 1.29 is 4.74 Å². The van der Waals surface area contributed by atoms with Gasteiger partial charge < -0.3 is 4.74 Å². The van der Waals surface area contributed by atoms with Crippen molar-refractivity contribution in [2.75, 3.05) is 7.11 Å². The number of nitrogens with zero attached hydrogens (tertiary/aromatic N) is 1. The minimum Gasteiger partial charge on any atom is -0.497 e. The zero-order valence-electron chi connectivity index (χ0n) is 10.6. The molecule has 2 aromatic rings. The molecule has 0 aliphatic carbocycles. The van der Waals surface area contributed by atoms with E-state index in [0.717, 1.165) is 16.9 Å². The van der Waals surface area contributed by atoms with Gasteiger partial charge in [-0.25, -0.2) is 0 Å². The van der Waals surface area contributed by atoms with Crippen molar-refractivity contribution in [1.29, 1.82) is 5.26 Å². The summed E-state index contributed by atoms with van der Waals surface area (Å²) in [4.78, 5) is 0. The molecule has 0 N–H and O–H groups in total. The lowest BCUT2D eigenvalue weighted by molar-refractivity contribution is 0.414. The minimum absolute atomic E-state index is 0.631. The first-order valence-electron chi connectivity index (χ1n) is 5.82. The van der Waals surface area contributed by atoms with Gasteiger partial charge in [0.15, 0.2) is 0 Å². The van der Waals surface area contributed by atoms with Crippen LogP contribution in [-0.2, 0) is 5.41 Å². The zero-order chi connectivity index (χ0) is 13.0. The third-order valence-electron chi connectivity index (χ3n) is 3.24. The quantitative estimate of drug-likeness (QED) is 0.818. The van der Waals surface area contributed by atoms with Gasteiger partial charge in [-0.1, -0.05) is 42.5 Å². The average Bonchev–Trinajstić information content (AvgIpc) is 2.47. The first-order chi connectivity index (χ1) is 8.70. The maximum absolute atomic E-state index is 9.54. The molecule has 0 heterocycles. The Morgan fingerprint density at radius 3 is 2.00 bits per heavy atom. The molecule has 0 aliphatic heterocycles. The van der Waals surface area contributed by atoms with Gasteiger partial charge in [0.05, 0.1) is 13.2 Å². The van der Waals surface area contributed by atoms with Gasteiger partial charge in [0.1, 0.15) is 11.2 Å². The highest BCUT2D eigenvalue weighted by molar-refractivity contribution is 5.46. The van der Waals surface area contributed by atoms with E-state index in [2.05, 4.69) is 6.07 Å². The van der Waals surface area contributed by atoms with E-state index in [0.29, 0.717) is 0 Å². The van der Waals surface area contributed by atoms with E-state index in [1.54, 1.807) is 7.11 Å². The van der Waals surface area contributed by atoms with Crippen LogP contribution in [-0.4, -0.2) is 7.11 Å². The summed E-state index contributed by atoms with van der Waals surface area (Å²) < 4.78 is 5.14. The second-order valence-corrected chi connectivity index (χ2v) is 4.33. The van der Waals surface area contributed by atoms with Crippen LogP contribution in [0.25, 0.3) is 0 Å². The molecule has 2 nitrogen and oxygen atoms in total. The molecule has 0 radical (unpaired) electrons. The number of hydrogen-bond acceptors (Lipinski definition) is 2. The lowest BCUT2D eigenvalue weighted by Crippen LogP contribution is -2.20. The second kappa shape index (κ2) is 4.93. The molecule has 0 spiro atoms. The van der Waals surface area contributed by atoms with Gasteiger partial charge >= 0.3 is 0 Å². The smallest absolute Gasteiger partial charge is 0.118 e. The van der Waals surface area contributed by atoms with Gasteiger partial charge in [-0.15, -0.1) is 0 Å². The molecular formula is C16H15NO. The van der Waals surface area contributed by atoms with Crippen molar-refractivity contribution in [3.63, 3.8) is 0 Å². The Hall–Kier alpha value is -2.27. The van der Waals surface area contributed by atoms with Gasteiger partial charge in [-0.2, -0.15) is 5.26 Å². The Bertz CT molecular complexity index is 554. The largest absolute Gasteiger partial charge is 0.497 e. The second-order valence-electron chi connectivity index (χ2n) is 4.33. The Balaban J connectivity index is 2.47. The summed E-state index contributed by atoms with van der Waals surface area (Å²) in [7, 11) is 1.63. The van der Waals surface area contributed by atoms with Crippen molar-refractivity contribution in [2.45, 2.75) is 12.3 Å². The summed E-state index contributed by atoms with van der Waals surface area (Å²) in [6.45, 7) is 1.93. The Morgan fingerprint density at radius 1 is 0.944 bits per heavy atom. The molecule has 0 amide bonds. The monoisotopic (exact) mass is 237 g/mol. The number of rotatable bonds is 3. The third-order valence-corrected chi connectivity index (χ3v) is 3.24. The molecule has 2 rings (SSSR count). The van der Waals surface area contributed by atoms with Gasteiger partial charge in [0, 0.05) is 0 Å². The Kier molecular flexibility index (Phi) is 3.34. The normalized spacial score (nSPS) is 13.4. The van der Waals surface area contributed by atoms with Crippen LogP contribution in [0.3, 0.4) is 0 Å². The van der Waals surface area contributed by atoms with Crippen LogP contribution in [0, 0.1) is 11.3 Å². The predicted molar refractivity (Wildman–Crippen MR) is 71.5 cm³/mol. The number of benzene rings is 2.